The summed E-state index contributed by atoms with van der Waals surface area (Å²) < 4.78 is 6.36. The second-order valence-electron chi connectivity index (χ2n) is 7.86. The van der Waals surface area contributed by atoms with Crippen LogP contribution >= 0.6 is 0 Å². The largest absolute Gasteiger partial charge is 0.456 e. The van der Waals surface area contributed by atoms with Crippen LogP contribution in [-0.4, -0.2) is 24.0 Å². The van der Waals surface area contributed by atoms with Crippen molar-refractivity contribution in [3.8, 4) is 0 Å². The number of hydrogen-bond donors (Lipinski definition) is 0. The molecule has 4 atom stereocenters. The maximum Gasteiger partial charge on any atom is 0.139 e. The Morgan fingerprint density at radius 2 is 1.96 bits per heavy atom. The predicted octanol–water partition coefficient (Wildman–Crippen LogP) is 5.09. The highest BCUT2D eigenvalue weighted by Gasteiger charge is 2.53. The van der Waals surface area contributed by atoms with E-state index in [0.29, 0.717) is 17.4 Å². The van der Waals surface area contributed by atoms with Gasteiger partial charge >= 0.3 is 0 Å². The first-order chi connectivity index (χ1) is 11.1. The lowest BCUT2D eigenvalue weighted by Gasteiger charge is -2.36. The minimum Gasteiger partial charge on any atom is -0.456 e. The summed E-state index contributed by atoms with van der Waals surface area (Å²) in [6.07, 6.45) is 1.30. The summed E-state index contributed by atoms with van der Waals surface area (Å²) in [5.41, 5.74) is 5.35. The topological polar surface area (TPSA) is 16.4 Å². The Bertz CT molecular complexity index is 924. The molecule has 2 aromatic carbocycles. The zero-order valence-electron chi connectivity index (χ0n) is 14.1. The van der Waals surface area contributed by atoms with Crippen molar-refractivity contribution in [1.82, 2.24) is 4.90 Å². The molecule has 2 aliphatic heterocycles. The minimum atomic E-state index is 0.386. The van der Waals surface area contributed by atoms with Crippen LogP contribution in [0, 0.1) is 12.3 Å². The molecule has 23 heavy (non-hydrogen) atoms. The Kier molecular flexibility index (Phi) is 2.60. The molecule has 2 saturated heterocycles. The van der Waals surface area contributed by atoms with Crippen LogP contribution in [-0.2, 0) is 0 Å². The van der Waals surface area contributed by atoms with Gasteiger partial charge in [0.25, 0.3) is 0 Å². The number of fused-ring (bicyclic) bond motifs is 5. The average Bonchev–Trinajstić information content (AvgIpc) is 3.17. The molecular formula is C21H23NO. The van der Waals surface area contributed by atoms with E-state index in [0.717, 1.165) is 11.2 Å². The summed E-state index contributed by atoms with van der Waals surface area (Å²) >= 11 is 0. The van der Waals surface area contributed by atoms with Gasteiger partial charge in [-0.1, -0.05) is 37.3 Å². The fourth-order valence-electron chi connectivity index (χ4n) is 5.30. The van der Waals surface area contributed by atoms with Gasteiger partial charge in [-0.15, -0.1) is 0 Å². The standard InChI is InChI=1S/C21H23NO/c1-13-8-9-16-15-6-4-5-7-17(15)23-20(16)18(13)19-14(2)22-11-10-21(19,3)12-22/h4-9,14,19H,10-12H2,1-3H3. The van der Waals surface area contributed by atoms with E-state index in [1.807, 2.05) is 0 Å². The predicted molar refractivity (Wildman–Crippen MR) is 95.0 cm³/mol. The maximum absolute atomic E-state index is 6.36. The van der Waals surface area contributed by atoms with Crippen LogP contribution in [0.15, 0.2) is 40.8 Å². The lowest BCUT2D eigenvalue weighted by molar-refractivity contribution is 0.227. The fourth-order valence-corrected chi connectivity index (χ4v) is 5.30. The number of benzene rings is 2. The molecule has 0 aliphatic carbocycles. The molecule has 0 spiro atoms. The highest BCUT2D eigenvalue weighted by molar-refractivity contribution is 6.06. The summed E-state index contributed by atoms with van der Waals surface area (Å²) in [4.78, 5) is 2.66. The number of piperidine rings is 1. The van der Waals surface area contributed by atoms with Crippen molar-refractivity contribution in [2.75, 3.05) is 13.1 Å². The third kappa shape index (κ3) is 1.68. The number of para-hydroxylation sites is 1. The quantitative estimate of drug-likeness (QED) is 0.622. The van der Waals surface area contributed by atoms with Crippen LogP contribution in [0.25, 0.3) is 21.9 Å². The van der Waals surface area contributed by atoms with Gasteiger partial charge in [0.2, 0.25) is 0 Å². The molecular weight excluding hydrogens is 282 g/mol. The molecule has 3 aromatic rings. The SMILES string of the molecule is Cc1ccc2c(oc3ccccc32)c1C1C(C)N2CCC1(C)C2. The molecule has 1 aromatic heterocycles. The minimum absolute atomic E-state index is 0.386. The van der Waals surface area contributed by atoms with Gasteiger partial charge in [0.15, 0.2) is 0 Å². The molecule has 0 N–H and O–H groups in total. The van der Waals surface area contributed by atoms with Crippen molar-refractivity contribution in [1.29, 1.82) is 0 Å². The number of furan rings is 1. The molecule has 4 unspecified atom stereocenters. The van der Waals surface area contributed by atoms with Crippen molar-refractivity contribution in [3.05, 3.63) is 47.5 Å². The molecule has 2 nitrogen and oxygen atoms in total. The van der Waals surface area contributed by atoms with Gasteiger partial charge in [-0.2, -0.15) is 0 Å². The van der Waals surface area contributed by atoms with Gasteiger partial charge in [0, 0.05) is 34.8 Å². The van der Waals surface area contributed by atoms with E-state index >= 15 is 0 Å². The van der Waals surface area contributed by atoms with Gasteiger partial charge in [-0.05, 0) is 43.9 Å². The van der Waals surface area contributed by atoms with E-state index < -0.39 is 0 Å². The molecule has 2 heteroatoms. The molecule has 0 saturated carbocycles. The van der Waals surface area contributed by atoms with Crippen LogP contribution in [0.1, 0.15) is 37.3 Å². The third-order valence-corrected chi connectivity index (χ3v) is 6.46. The van der Waals surface area contributed by atoms with E-state index in [9.17, 15) is 0 Å². The van der Waals surface area contributed by atoms with E-state index in [1.165, 1.54) is 41.4 Å². The van der Waals surface area contributed by atoms with Gasteiger partial charge in [0.05, 0.1) is 0 Å². The Balaban J connectivity index is 1.83. The molecule has 118 valence electrons. The number of aryl methyl sites for hydroxylation is 1. The summed E-state index contributed by atoms with van der Waals surface area (Å²) in [5.74, 6) is 0.570. The van der Waals surface area contributed by atoms with E-state index in [4.69, 9.17) is 4.42 Å². The smallest absolute Gasteiger partial charge is 0.139 e. The van der Waals surface area contributed by atoms with Crippen molar-refractivity contribution >= 4 is 21.9 Å². The second kappa shape index (κ2) is 4.39. The van der Waals surface area contributed by atoms with Gasteiger partial charge in [-0.25, -0.2) is 0 Å². The van der Waals surface area contributed by atoms with Crippen LogP contribution in [0.5, 0.6) is 0 Å². The fraction of sp³-hybridized carbons (Fsp3) is 0.429. The zero-order valence-corrected chi connectivity index (χ0v) is 14.1. The normalized spacial score (nSPS) is 33.1. The van der Waals surface area contributed by atoms with E-state index in [1.54, 1.807) is 0 Å². The highest BCUT2D eigenvalue weighted by Crippen LogP contribution is 2.55. The van der Waals surface area contributed by atoms with Crippen molar-refractivity contribution < 1.29 is 4.42 Å². The first-order valence-corrected chi connectivity index (χ1v) is 8.73. The second-order valence-corrected chi connectivity index (χ2v) is 7.86. The summed E-state index contributed by atoms with van der Waals surface area (Å²) in [6, 6.07) is 13.6. The molecule has 5 rings (SSSR count). The highest BCUT2D eigenvalue weighted by atomic mass is 16.3. The van der Waals surface area contributed by atoms with Crippen LogP contribution in [0.2, 0.25) is 0 Å². The Hall–Kier alpha value is -1.80. The number of nitrogens with zero attached hydrogens (tertiary/aromatic N) is 1. The monoisotopic (exact) mass is 305 g/mol. The van der Waals surface area contributed by atoms with Gasteiger partial charge < -0.3 is 4.42 Å². The van der Waals surface area contributed by atoms with E-state index in [2.05, 4.69) is 62.1 Å². The van der Waals surface area contributed by atoms with Crippen LogP contribution < -0.4 is 0 Å². The Labute approximate surface area is 137 Å². The summed E-state index contributed by atoms with van der Waals surface area (Å²) in [7, 11) is 0. The van der Waals surface area contributed by atoms with Crippen LogP contribution in [0.4, 0.5) is 0 Å². The Morgan fingerprint density at radius 1 is 1.13 bits per heavy atom. The van der Waals surface area contributed by atoms with Crippen molar-refractivity contribution in [2.45, 2.75) is 39.2 Å². The number of hydrogen-bond acceptors (Lipinski definition) is 2. The first-order valence-electron chi connectivity index (χ1n) is 8.73. The lowest BCUT2D eigenvalue weighted by Crippen LogP contribution is -2.35. The average molecular weight is 305 g/mol. The Morgan fingerprint density at radius 3 is 2.74 bits per heavy atom. The lowest BCUT2D eigenvalue weighted by atomic mass is 9.69. The molecule has 0 amide bonds. The van der Waals surface area contributed by atoms with Gasteiger partial charge in [-0.3, -0.25) is 4.90 Å². The van der Waals surface area contributed by atoms with Crippen LogP contribution in [0.3, 0.4) is 0 Å². The first kappa shape index (κ1) is 13.6. The molecule has 2 bridgehead atoms. The molecule has 0 radical (unpaired) electrons. The molecule has 2 fully saturated rings. The number of rotatable bonds is 1. The molecule has 2 aliphatic rings. The third-order valence-electron chi connectivity index (χ3n) is 6.46. The molecule has 3 heterocycles. The van der Waals surface area contributed by atoms with Gasteiger partial charge in [0.1, 0.15) is 11.2 Å². The summed E-state index contributed by atoms with van der Waals surface area (Å²) in [5, 5.41) is 2.51. The zero-order chi connectivity index (χ0) is 15.8. The maximum atomic E-state index is 6.36. The van der Waals surface area contributed by atoms with Crippen molar-refractivity contribution in [2.24, 2.45) is 5.41 Å². The summed E-state index contributed by atoms with van der Waals surface area (Å²) in [6.45, 7) is 9.61. The van der Waals surface area contributed by atoms with E-state index in [-0.39, 0.29) is 0 Å². The van der Waals surface area contributed by atoms with Crippen molar-refractivity contribution in [3.63, 3.8) is 0 Å².